The molecule has 16 heavy (non-hydrogen) atoms. The summed E-state index contributed by atoms with van der Waals surface area (Å²) in [5.74, 6) is -0.252. The zero-order chi connectivity index (χ0) is 11.5. The molecule has 0 fully saturated rings. The number of aryl methyl sites for hydroxylation is 1. The van der Waals surface area contributed by atoms with Crippen LogP contribution in [0.4, 0.5) is 0 Å². The Morgan fingerprint density at radius 1 is 1.31 bits per heavy atom. The number of nitriles is 1. The Morgan fingerprint density at radius 2 is 2.00 bits per heavy atom. The normalized spacial score (nSPS) is 12.3. The summed E-state index contributed by atoms with van der Waals surface area (Å²) in [7, 11) is 0. The van der Waals surface area contributed by atoms with Crippen molar-refractivity contribution in [3.05, 3.63) is 35.7 Å². The van der Waals surface area contributed by atoms with Crippen LogP contribution >= 0.6 is 15.9 Å². The van der Waals surface area contributed by atoms with Gasteiger partial charge in [-0.15, -0.1) is 0 Å². The van der Waals surface area contributed by atoms with E-state index in [1.165, 1.54) is 0 Å². The third kappa shape index (κ3) is 1.79. The van der Waals surface area contributed by atoms with Crippen LogP contribution in [0, 0.1) is 18.3 Å². The molecule has 0 saturated carbocycles. The molecule has 1 atom stereocenters. The molecule has 0 bridgehead atoms. The summed E-state index contributed by atoms with van der Waals surface area (Å²) < 4.78 is 0. The van der Waals surface area contributed by atoms with Gasteiger partial charge in [0.15, 0.2) is 0 Å². The fourth-order valence-electron chi connectivity index (χ4n) is 1.68. The zero-order valence-corrected chi connectivity index (χ0v) is 10.4. The van der Waals surface area contributed by atoms with Crippen molar-refractivity contribution >= 4 is 26.7 Å². The van der Waals surface area contributed by atoms with E-state index in [1.54, 1.807) is 0 Å². The average Bonchev–Trinajstić information content (AvgIpc) is 2.34. The van der Waals surface area contributed by atoms with E-state index in [1.807, 2.05) is 31.2 Å². The van der Waals surface area contributed by atoms with Gasteiger partial charge in [0.25, 0.3) is 0 Å². The van der Waals surface area contributed by atoms with Crippen molar-refractivity contribution in [2.75, 3.05) is 5.33 Å². The number of nitrogens with zero attached hydrogens (tertiary/aromatic N) is 3. The predicted octanol–water partition coefficient (Wildman–Crippen LogP) is 2.94. The van der Waals surface area contributed by atoms with Gasteiger partial charge in [0, 0.05) is 16.1 Å². The molecule has 0 spiro atoms. The van der Waals surface area contributed by atoms with Crippen molar-refractivity contribution in [1.29, 1.82) is 5.26 Å². The van der Waals surface area contributed by atoms with E-state index in [0.717, 1.165) is 22.2 Å². The number of hydrogen-bond donors (Lipinski definition) is 0. The molecular weight excluding hydrogens is 266 g/mol. The van der Waals surface area contributed by atoms with Crippen molar-refractivity contribution in [1.82, 2.24) is 10.2 Å². The van der Waals surface area contributed by atoms with Crippen molar-refractivity contribution in [3.63, 3.8) is 0 Å². The van der Waals surface area contributed by atoms with Crippen molar-refractivity contribution < 1.29 is 0 Å². The summed E-state index contributed by atoms with van der Waals surface area (Å²) in [6, 6.07) is 10.1. The summed E-state index contributed by atoms with van der Waals surface area (Å²) in [5, 5.41) is 20.0. The van der Waals surface area contributed by atoms with E-state index < -0.39 is 0 Å². The summed E-state index contributed by atoms with van der Waals surface area (Å²) in [6.45, 7) is 1.93. The second-order valence-electron chi connectivity index (χ2n) is 3.55. The lowest BCUT2D eigenvalue weighted by molar-refractivity contribution is 0.870. The van der Waals surface area contributed by atoms with Crippen LogP contribution in [0.2, 0.25) is 0 Å². The third-order valence-electron chi connectivity index (χ3n) is 2.54. The highest BCUT2D eigenvalue weighted by molar-refractivity contribution is 9.09. The summed E-state index contributed by atoms with van der Waals surface area (Å²) in [5.41, 5.74) is 1.64. The van der Waals surface area contributed by atoms with Gasteiger partial charge >= 0.3 is 0 Å². The van der Waals surface area contributed by atoms with E-state index in [9.17, 15) is 0 Å². The zero-order valence-electron chi connectivity index (χ0n) is 8.81. The van der Waals surface area contributed by atoms with Gasteiger partial charge < -0.3 is 0 Å². The lowest BCUT2D eigenvalue weighted by atomic mass is 10.0. The molecule has 2 aromatic rings. The standard InChI is InChI=1S/C12H10BrN3/c1-8-10-4-2-3-5-11(10)12(16-15-8)9(6-13)7-14/h2-5,9H,6H2,1H3. The molecule has 1 heterocycles. The minimum absolute atomic E-state index is 0.252. The third-order valence-corrected chi connectivity index (χ3v) is 3.19. The molecule has 0 amide bonds. The number of aromatic nitrogens is 2. The Labute approximate surface area is 102 Å². The van der Waals surface area contributed by atoms with Gasteiger partial charge in [-0.3, -0.25) is 0 Å². The Bertz CT molecular complexity index is 560. The first-order chi connectivity index (χ1) is 7.77. The maximum Gasteiger partial charge on any atom is 0.101 e. The van der Waals surface area contributed by atoms with Crippen LogP contribution in [0.3, 0.4) is 0 Å². The van der Waals surface area contributed by atoms with E-state index >= 15 is 0 Å². The monoisotopic (exact) mass is 275 g/mol. The van der Waals surface area contributed by atoms with Gasteiger partial charge in [0.2, 0.25) is 0 Å². The largest absolute Gasteiger partial charge is 0.198 e. The summed E-state index contributed by atoms with van der Waals surface area (Å²) in [6.07, 6.45) is 0. The molecule has 0 aliphatic carbocycles. The van der Waals surface area contributed by atoms with E-state index in [2.05, 4.69) is 32.2 Å². The number of hydrogen-bond acceptors (Lipinski definition) is 3. The number of fused-ring (bicyclic) bond motifs is 1. The summed E-state index contributed by atoms with van der Waals surface area (Å²) in [4.78, 5) is 0. The highest BCUT2D eigenvalue weighted by Gasteiger charge is 2.15. The van der Waals surface area contributed by atoms with Crippen LogP contribution in [0.25, 0.3) is 10.8 Å². The Morgan fingerprint density at radius 3 is 2.62 bits per heavy atom. The maximum atomic E-state index is 9.06. The van der Waals surface area contributed by atoms with Crippen LogP contribution in [0.15, 0.2) is 24.3 Å². The van der Waals surface area contributed by atoms with Gasteiger partial charge in [-0.1, -0.05) is 40.2 Å². The Hall–Kier alpha value is -1.47. The number of benzene rings is 1. The molecule has 4 heteroatoms. The fourth-order valence-corrected chi connectivity index (χ4v) is 2.14. The first-order valence-electron chi connectivity index (χ1n) is 4.95. The summed E-state index contributed by atoms with van der Waals surface area (Å²) >= 11 is 3.33. The number of alkyl halides is 1. The second-order valence-corrected chi connectivity index (χ2v) is 4.20. The Balaban J connectivity index is 2.73. The smallest absolute Gasteiger partial charge is 0.101 e. The molecule has 0 aliphatic heterocycles. The SMILES string of the molecule is Cc1nnc(C(C#N)CBr)c2ccccc12. The minimum Gasteiger partial charge on any atom is -0.198 e. The molecule has 0 radical (unpaired) electrons. The van der Waals surface area contributed by atoms with Gasteiger partial charge in [-0.2, -0.15) is 15.5 Å². The van der Waals surface area contributed by atoms with Crippen molar-refractivity contribution in [2.24, 2.45) is 0 Å². The molecule has 80 valence electrons. The quantitative estimate of drug-likeness (QED) is 0.792. The Kier molecular flexibility index (Phi) is 3.16. The molecule has 3 nitrogen and oxygen atoms in total. The molecule has 0 N–H and O–H groups in total. The maximum absolute atomic E-state index is 9.06. The lowest BCUT2D eigenvalue weighted by Gasteiger charge is -2.09. The van der Waals surface area contributed by atoms with Gasteiger partial charge in [-0.25, -0.2) is 0 Å². The molecule has 0 aliphatic rings. The van der Waals surface area contributed by atoms with E-state index in [4.69, 9.17) is 5.26 Å². The second kappa shape index (κ2) is 4.58. The van der Waals surface area contributed by atoms with E-state index in [-0.39, 0.29) is 5.92 Å². The first kappa shape index (κ1) is 11.0. The van der Waals surface area contributed by atoms with Crippen LogP contribution in [-0.2, 0) is 0 Å². The van der Waals surface area contributed by atoms with Gasteiger partial charge in [-0.05, 0) is 6.92 Å². The lowest BCUT2D eigenvalue weighted by Crippen LogP contribution is -2.04. The molecule has 1 aromatic heterocycles. The number of rotatable bonds is 2. The molecule has 2 rings (SSSR count). The topological polar surface area (TPSA) is 49.6 Å². The first-order valence-corrected chi connectivity index (χ1v) is 6.07. The minimum atomic E-state index is -0.252. The molecule has 0 saturated heterocycles. The molecular formula is C12H10BrN3. The molecule has 1 unspecified atom stereocenters. The van der Waals surface area contributed by atoms with Crippen molar-refractivity contribution in [3.8, 4) is 6.07 Å². The fraction of sp³-hybridized carbons (Fsp3) is 0.250. The average molecular weight is 276 g/mol. The highest BCUT2D eigenvalue weighted by Crippen LogP contribution is 2.25. The highest BCUT2D eigenvalue weighted by atomic mass is 79.9. The van der Waals surface area contributed by atoms with Gasteiger partial charge in [0.1, 0.15) is 5.92 Å². The predicted molar refractivity (Wildman–Crippen MR) is 66.4 cm³/mol. The van der Waals surface area contributed by atoms with Gasteiger partial charge in [0.05, 0.1) is 17.5 Å². The van der Waals surface area contributed by atoms with Crippen LogP contribution in [0.5, 0.6) is 0 Å². The van der Waals surface area contributed by atoms with Crippen molar-refractivity contribution in [2.45, 2.75) is 12.8 Å². The van der Waals surface area contributed by atoms with Crippen LogP contribution in [-0.4, -0.2) is 15.5 Å². The van der Waals surface area contributed by atoms with E-state index in [0.29, 0.717) is 5.33 Å². The molecule has 1 aromatic carbocycles. The number of halogens is 1. The van der Waals surface area contributed by atoms with Crippen LogP contribution < -0.4 is 0 Å². The van der Waals surface area contributed by atoms with Crippen LogP contribution in [0.1, 0.15) is 17.3 Å².